The molecule has 0 aromatic heterocycles. The molecule has 1 N–H and O–H groups in total. The number of nitrogens with one attached hydrogen (secondary N) is 1. The van der Waals surface area contributed by atoms with Gasteiger partial charge in [-0.2, -0.15) is 0 Å². The van der Waals surface area contributed by atoms with Crippen LogP contribution in [0.4, 0.5) is 0 Å². The Morgan fingerprint density at radius 3 is 2.60 bits per heavy atom. The summed E-state index contributed by atoms with van der Waals surface area (Å²) in [5, 5.41) is 3.49. The van der Waals surface area contributed by atoms with Gasteiger partial charge in [-0.3, -0.25) is 0 Å². The van der Waals surface area contributed by atoms with Gasteiger partial charge in [0, 0.05) is 33.9 Å². The first-order chi connectivity index (χ1) is 9.77. The number of aryl methyl sites for hydroxylation is 1. The van der Waals surface area contributed by atoms with Gasteiger partial charge in [-0.15, -0.1) is 0 Å². The summed E-state index contributed by atoms with van der Waals surface area (Å²) in [5.41, 5.74) is 2.77. The molecule has 1 aromatic carbocycles. The number of hydrogen-bond acceptors (Lipinski definition) is 3. The molecule has 1 atom stereocenters. The van der Waals surface area contributed by atoms with Crippen LogP contribution >= 0.6 is 0 Å². The van der Waals surface area contributed by atoms with Crippen molar-refractivity contribution < 1.29 is 9.47 Å². The summed E-state index contributed by atoms with van der Waals surface area (Å²) in [4.78, 5) is 0. The van der Waals surface area contributed by atoms with Crippen molar-refractivity contribution in [1.29, 1.82) is 0 Å². The van der Waals surface area contributed by atoms with Crippen molar-refractivity contribution >= 4 is 0 Å². The lowest BCUT2D eigenvalue weighted by Gasteiger charge is -2.18. The molecule has 0 bridgehead atoms. The Hall–Kier alpha value is -0.900. The maximum absolute atomic E-state index is 5.13. The quantitative estimate of drug-likeness (QED) is 0.631. The molecule has 0 saturated heterocycles. The van der Waals surface area contributed by atoms with E-state index in [-0.39, 0.29) is 0 Å². The lowest BCUT2D eigenvalue weighted by molar-refractivity contribution is 0.190. The Labute approximate surface area is 123 Å². The highest BCUT2D eigenvalue weighted by molar-refractivity contribution is 5.25. The highest BCUT2D eigenvalue weighted by Gasteiger charge is 2.11. The monoisotopic (exact) mass is 279 g/mol. The van der Waals surface area contributed by atoms with Crippen molar-refractivity contribution in [3.63, 3.8) is 0 Å². The van der Waals surface area contributed by atoms with Crippen LogP contribution in [0.15, 0.2) is 24.3 Å². The third-order valence-electron chi connectivity index (χ3n) is 3.54. The van der Waals surface area contributed by atoms with E-state index in [1.54, 1.807) is 14.2 Å². The number of unbranched alkanes of at least 4 members (excludes halogenated alkanes) is 1. The van der Waals surface area contributed by atoms with E-state index in [4.69, 9.17) is 9.47 Å². The van der Waals surface area contributed by atoms with Crippen LogP contribution in [0.1, 0.15) is 36.3 Å². The van der Waals surface area contributed by atoms with Crippen LogP contribution in [-0.2, 0) is 9.47 Å². The largest absolute Gasteiger partial charge is 0.385 e. The third kappa shape index (κ3) is 7.04. The number of benzene rings is 1. The average Bonchev–Trinajstić information content (AvgIpc) is 2.45. The van der Waals surface area contributed by atoms with Gasteiger partial charge in [-0.1, -0.05) is 36.2 Å². The maximum Gasteiger partial charge on any atom is 0.0587 e. The maximum atomic E-state index is 5.13. The first kappa shape index (κ1) is 17.2. The molecule has 0 spiro atoms. The minimum Gasteiger partial charge on any atom is -0.385 e. The molecule has 0 amide bonds. The number of ether oxygens (including phenoxy) is 2. The molecule has 0 fully saturated rings. The van der Waals surface area contributed by atoms with Crippen LogP contribution in [0.3, 0.4) is 0 Å². The molecular formula is C17H29NO2. The number of rotatable bonds is 11. The van der Waals surface area contributed by atoms with Crippen LogP contribution in [-0.4, -0.2) is 40.5 Å². The summed E-state index contributed by atoms with van der Waals surface area (Å²) in [6, 6.07) is 8.86. The highest BCUT2D eigenvalue weighted by Crippen LogP contribution is 2.22. The van der Waals surface area contributed by atoms with E-state index in [2.05, 4.69) is 36.5 Å². The third-order valence-corrected chi connectivity index (χ3v) is 3.54. The van der Waals surface area contributed by atoms with Crippen LogP contribution in [0, 0.1) is 6.92 Å². The molecule has 0 aliphatic heterocycles. The molecule has 114 valence electrons. The van der Waals surface area contributed by atoms with Gasteiger partial charge in [0.2, 0.25) is 0 Å². The molecule has 0 aliphatic rings. The first-order valence-corrected chi connectivity index (χ1v) is 7.53. The fourth-order valence-electron chi connectivity index (χ4n) is 2.40. The summed E-state index contributed by atoms with van der Waals surface area (Å²) in [6.45, 7) is 5.71. The second-order valence-electron chi connectivity index (χ2n) is 5.30. The zero-order chi connectivity index (χ0) is 14.6. The van der Waals surface area contributed by atoms with E-state index in [1.165, 1.54) is 24.0 Å². The molecule has 0 saturated carbocycles. The van der Waals surface area contributed by atoms with Gasteiger partial charge in [-0.05, 0) is 31.2 Å². The van der Waals surface area contributed by atoms with Gasteiger partial charge in [0.05, 0.1) is 6.61 Å². The molecule has 0 radical (unpaired) electrons. The van der Waals surface area contributed by atoms with Gasteiger partial charge >= 0.3 is 0 Å². The Bertz CT molecular complexity index is 343. The van der Waals surface area contributed by atoms with Crippen molar-refractivity contribution in [2.45, 2.75) is 32.1 Å². The molecule has 3 nitrogen and oxygen atoms in total. The van der Waals surface area contributed by atoms with Gasteiger partial charge < -0.3 is 14.8 Å². The van der Waals surface area contributed by atoms with E-state index in [0.29, 0.717) is 5.92 Å². The standard InChI is InChI=1S/C17H29NO2/c1-15-7-6-9-16(13-15)17(8-4-5-11-19-2)14-18-10-12-20-3/h6-7,9,13,17-18H,4-5,8,10-12,14H2,1-3H3. The van der Waals surface area contributed by atoms with E-state index in [9.17, 15) is 0 Å². The van der Waals surface area contributed by atoms with E-state index >= 15 is 0 Å². The summed E-state index contributed by atoms with van der Waals surface area (Å²) in [6.07, 6.45) is 3.54. The molecule has 0 aliphatic carbocycles. The van der Waals surface area contributed by atoms with Crippen molar-refractivity contribution in [3.8, 4) is 0 Å². The molecule has 1 aromatic rings. The van der Waals surface area contributed by atoms with Crippen LogP contribution in [0.25, 0.3) is 0 Å². The highest BCUT2D eigenvalue weighted by atomic mass is 16.5. The molecule has 1 unspecified atom stereocenters. The van der Waals surface area contributed by atoms with E-state index in [0.717, 1.165) is 32.7 Å². The van der Waals surface area contributed by atoms with Crippen LogP contribution in [0.2, 0.25) is 0 Å². The van der Waals surface area contributed by atoms with E-state index < -0.39 is 0 Å². The van der Waals surface area contributed by atoms with Crippen molar-refractivity contribution in [2.75, 3.05) is 40.5 Å². The van der Waals surface area contributed by atoms with E-state index in [1.807, 2.05) is 0 Å². The van der Waals surface area contributed by atoms with Gasteiger partial charge in [0.25, 0.3) is 0 Å². The summed E-state index contributed by atoms with van der Waals surface area (Å²) < 4.78 is 10.2. The minimum absolute atomic E-state index is 0.573. The fourth-order valence-corrected chi connectivity index (χ4v) is 2.40. The van der Waals surface area contributed by atoms with Crippen LogP contribution < -0.4 is 5.32 Å². The van der Waals surface area contributed by atoms with Crippen LogP contribution in [0.5, 0.6) is 0 Å². The average molecular weight is 279 g/mol. The zero-order valence-corrected chi connectivity index (χ0v) is 13.2. The number of methoxy groups -OCH3 is 2. The lowest BCUT2D eigenvalue weighted by atomic mass is 9.92. The van der Waals surface area contributed by atoms with Crippen molar-refractivity contribution in [2.24, 2.45) is 0 Å². The molecule has 1 rings (SSSR count). The lowest BCUT2D eigenvalue weighted by Crippen LogP contribution is -2.25. The Balaban J connectivity index is 2.49. The predicted octanol–water partition coefficient (Wildman–Crippen LogP) is 3.13. The predicted molar refractivity (Wildman–Crippen MR) is 84.4 cm³/mol. The molecule has 0 heterocycles. The Kier molecular flexibility index (Phi) is 9.29. The zero-order valence-electron chi connectivity index (χ0n) is 13.2. The summed E-state index contributed by atoms with van der Waals surface area (Å²) >= 11 is 0. The smallest absolute Gasteiger partial charge is 0.0587 e. The van der Waals surface area contributed by atoms with Gasteiger partial charge in [0.1, 0.15) is 0 Å². The topological polar surface area (TPSA) is 30.5 Å². The minimum atomic E-state index is 0.573. The molecule has 20 heavy (non-hydrogen) atoms. The van der Waals surface area contributed by atoms with Gasteiger partial charge in [-0.25, -0.2) is 0 Å². The molecule has 3 heteroatoms. The first-order valence-electron chi connectivity index (χ1n) is 7.53. The normalized spacial score (nSPS) is 12.6. The van der Waals surface area contributed by atoms with Crippen molar-refractivity contribution in [1.82, 2.24) is 5.32 Å². The van der Waals surface area contributed by atoms with Gasteiger partial charge in [0.15, 0.2) is 0 Å². The van der Waals surface area contributed by atoms with Crippen molar-refractivity contribution in [3.05, 3.63) is 35.4 Å². The molecular weight excluding hydrogens is 250 g/mol. The second kappa shape index (κ2) is 10.8. The summed E-state index contributed by atoms with van der Waals surface area (Å²) in [5.74, 6) is 0.573. The Morgan fingerprint density at radius 1 is 1.10 bits per heavy atom. The number of hydrogen-bond donors (Lipinski definition) is 1. The fraction of sp³-hybridized carbons (Fsp3) is 0.647. The Morgan fingerprint density at radius 2 is 1.90 bits per heavy atom. The SMILES string of the molecule is COCCCCC(CNCCOC)c1cccc(C)c1. The summed E-state index contributed by atoms with van der Waals surface area (Å²) in [7, 11) is 3.51. The second-order valence-corrected chi connectivity index (χ2v) is 5.30.